The molecule has 1 saturated heterocycles. The van der Waals surface area contributed by atoms with Gasteiger partial charge in [0.05, 0.1) is 10.6 Å². The van der Waals surface area contributed by atoms with Gasteiger partial charge in [0.2, 0.25) is 0 Å². The Morgan fingerprint density at radius 2 is 2.19 bits per heavy atom. The molecule has 0 saturated carbocycles. The average Bonchev–Trinajstić information content (AvgIpc) is 2.48. The highest BCUT2D eigenvalue weighted by atomic mass is 35.5. The van der Waals surface area contributed by atoms with Gasteiger partial charge in [0.1, 0.15) is 5.82 Å². The SMILES string of the molecule is CCNc1ncc(C(=O)NCC2CCN(C)CC2)cc1Cl. The Bertz CT molecular complexity index is 487. The summed E-state index contributed by atoms with van der Waals surface area (Å²) in [5, 5.41) is 6.51. The van der Waals surface area contributed by atoms with E-state index in [9.17, 15) is 4.79 Å². The molecular formula is C15H23ClN4O. The Balaban J connectivity index is 1.87. The summed E-state index contributed by atoms with van der Waals surface area (Å²) in [6, 6.07) is 1.66. The highest BCUT2D eigenvalue weighted by Crippen LogP contribution is 2.20. The largest absolute Gasteiger partial charge is 0.369 e. The van der Waals surface area contributed by atoms with E-state index in [1.807, 2.05) is 6.92 Å². The average molecular weight is 311 g/mol. The maximum Gasteiger partial charge on any atom is 0.252 e. The number of nitrogens with zero attached hydrogens (tertiary/aromatic N) is 2. The van der Waals surface area contributed by atoms with Gasteiger partial charge in [0.15, 0.2) is 0 Å². The van der Waals surface area contributed by atoms with E-state index in [1.54, 1.807) is 12.3 Å². The number of carbonyl (C=O) groups is 1. The molecule has 1 fully saturated rings. The van der Waals surface area contributed by atoms with E-state index in [-0.39, 0.29) is 5.91 Å². The summed E-state index contributed by atoms with van der Waals surface area (Å²) < 4.78 is 0. The maximum atomic E-state index is 12.1. The first-order valence-corrected chi connectivity index (χ1v) is 7.84. The number of amides is 1. The number of aromatic nitrogens is 1. The van der Waals surface area contributed by atoms with E-state index in [2.05, 4.69) is 27.6 Å². The van der Waals surface area contributed by atoms with Crippen LogP contribution in [0.25, 0.3) is 0 Å². The summed E-state index contributed by atoms with van der Waals surface area (Å²) in [5.74, 6) is 1.08. The Kier molecular flexibility index (Phi) is 5.82. The van der Waals surface area contributed by atoms with Gasteiger partial charge in [-0.25, -0.2) is 4.98 Å². The second-order valence-electron chi connectivity index (χ2n) is 5.54. The Morgan fingerprint density at radius 3 is 2.81 bits per heavy atom. The fourth-order valence-electron chi connectivity index (χ4n) is 2.46. The molecule has 21 heavy (non-hydrogen) atoms. The molecule has 1 amide bonds. The number of hydrogen-bond acceptors (Lipinski definition) is 4. The Morgan fingerprint density at radius 1 is 1.48 bits per heavy atom. The lowest BCUT2D eigenvalue weighted by molar-refractivity contribution is 0.0938. The molecule has 0 radical (unpaired) electrons. The van der Waals surface area contributed by atoms with Gasteiger partial charge in [-0.1, -0.05) is 11.6 Å². The minimum atomic E-state index is -0.105. The van der Waals surface area contributed by atoms with Crippen molar-refractivity contribution in [1.82, 2.24) is 15.2 Å². The molecule has 0 aromatic carbocycles. The van der Waals surface area contributed by atoms with Crippen molar-refractivity contribution in [2.75, 3.05) is 38.5 Å². The smallest absolute Gasteiger partial charge is 0.252 e. The monoisotopic (exact) mass is 310 g/mol. The van der Waals surface area contributed by atoms with Gasteiger partial charge in [-0.2, -0.15) is 0 Å². The number of rotatable bonds is 5. The summed E-state index contributed by atoms with van der Waals surface area (Å²) in [5.41, 5.74) is 0.509. The number of pyridine rings is 1. The van der Waals surface area contributed by atoms with Crippen LogP contribution >= 0.6 is 11.6 Å². The zero-order valence-corrected chi connectivity index (χ0v) is 13.4. The summed E-state index contributed by atoms with van der Waals surface area (Å²) in [7, 11) is 2.13. The number of piperidine rings is 1. The fraction of sp³-hybridized carbons (Fsp3) is 0.600. The molecule has 0 spiro atoms. The van der Waals surface area contributed by atoms with Crippen LogP contribution in [-0.2, 0) is 0 Å². The van der Waals surface area contributed by atoms with Gasteiger partial charge < -0.3 is 15.5 Å². The van der Waals surface area contributed by atoms with E-state index in [0.29, 0.717) is 22.3 Å². The first kappa shape index (κ1) is 16.0. The molecule has 1 aromatic rings. The highest BCUT2D eigenvalue weighted by molar-refractivity contribution is 6.33. The summed E-state index contributed by atoms with van der Waals surface area (Å²) in [6.07, 6.45) is 3.83. The van der Waals surface area contributed by atoms with Crippen LogP contribution in [0, 0.1) is 5.92 Å². The van der Waals surface area contributed by atoms with Crippen molar-refractivity contribution >= 4 is 23.3 Å². The summed E-state index contributed by atoms with van der Waals surface area (Å²) in [4.78, 5) is 18.6. The molecule has 116 valence electrons. The quantitative estimate of drug-likeness (QED) is 0.876. The van der Waals surface area contributed by atoms with Crippen LogP contribution in [0.4, 0.5) is 5.82 Å². The number of anilines is 1. The lowest BCUT2D eigenvalue weighted by Gasteiger charge is -2.28. The molecule has 1 aromatic heterocycles. The molecule has 0 bridgehead atoms. The minimum absolute atomic E-state index is 0.105. The van der Waals surface area contributed by atoms with Gasteiger partial charge in [-0.15, -0.1) is 0 Å². The topological polar surface area (TPSA) is 57.3 Å². The molecule has 1 aliphatic heterocycles. The lowest BCUT2D eigenvalue weighted by Crippen LogP contribution is -2.36. The van der Waals surface area contributed by atoms with Crippen molar-refractivity contribution in [1.29, 1.82) is 0 Å². The molecule has 0 unspecified atom stereocenters. The van der Waals surface area contributed by atoms with Crippen molar-refractivity contribution in [3.05, 3.63) is 22.8 Å². The molecule has 1 aliphatic rings. The number of likely N-dealkylation sites (tertiary alicyclic amines) is 1. The van der Waals surface area contributed by atoms with E-state index in [1.165, 1.54) is 0 Å². The van der Waals surface area contributed by atoms with E-state index >= 15 is 0 Å². The molecule has 0 aliphatic carbocycles. The third-order valence-electron chi connectivity index (χ3n) is 3.84. The van der Waals surface area contributed by atoms with Gasteiger partial charge in [-0.05, 0) is 51.9 Å². The van der Waals surface area contributed by atoms with Crippen LogP contribution in [0.2, 0.25) is 5.02 Å². The Labute approximate surface area is 131 Å². The van der Waals surface area contributed by atoms with Crippen LogP contribution in [0.5, 0.6) is 0 Å². The predicted octanol–water partition coefficient (Wildman–Crippen LogP) is 2.24. The Hall–Kier alpha value is -1.33. The normalized spacial score (nSPS) is 16.7. The van der Waals surface area contributed by atoms with Crippen LogP contribution < -0.4 is 10.6 Å². The van der Waals surface area contributed by atoms with Crippen molar-refractivity contribution < 1.29 is 4.79 Å². The standard InChI is InChI=1S/C15H23ClN4O/c1-3-17-14-13(16)8-12(10-18-14)15(21)19-9-11-4-6-20(2)7-5-11/h8,10-11H,3-7,9H2,1-2H3,(H,17,18)(H,19,21). The number of halogens is 1. The van der Waals surface area contributed by atoms with Crippen LogP contribution in [-0.4, -0.2) is 49.0 Å². The molecule has 6 heteroatoms. The molecule has 2 heterocycles. The molecule has 2 N–H and O–H groups in total. The van der Waals surface area contributed by atoms with Gasteiger partial charge in [-0.3, -0.25) is 4.79 Å². The maximum absolute atomic E-state index is 12.1. The molecule has 5 nitrogen and oxygen atoms in total. The van der Waals surface area contributed by atoms with Crippen LogP contribution in [0.15, 0.2) is 12.3 Å². The second-order valence-corrected chi connectivity index (χ2v) is 5.95. The zero-order chi connectivity index (χ0) is 15.2. The van der Waals surface area contributed by atoms with Gasteiger partial charge in [0.25, 0.3) is 5.91 Å². The fourth-order valence-corrected chi connectivity index (χ4v) is 2.70. The first-order valence-electron chi connectivity index (χ1n) is 7.46. The molecular weight excluding hydrogens is 288 g/mol. The van der Waals surface area contributed by atoms with E-state index in [4.69, 9.17) is 11.6 Å². The van der Waals surface area contributed by atoms with Crippen molar-refractivity contribution in [3.63, 3.8) is 0 Å². The lowest BCUT2D eigenvalue weighted by atomic mass is 9.97. The molecule has 0 atom stereocenters. The van der Waals surface area contributed by atoms with Crippen molar-refractivity contribution in [3.8, 4) is 0 Å². The molecule has 2 rings (SSSR count). The highest BCUT2D eigenvalue weighted by Gasteiger charge is 2.18. The summed E-state index contributed by atoms with van der Waals surface area (Å²) in [6.45, 7) is 5.64. The van der Waals surface area contributed by atoms with E-state index < -0.39 is 0 Å². The zero-order valence-electron chi connectivity index (χ0n) is 12.7. The second kappa shape index (κ2) is 7.61. The number of nitrogens with one attached hydrogen (secondary N) is 2. The number of carbonyl (C=O) groups excluding carboxylic acids is 1. The van der Waals surface area contributed by atoms with Crippen molar-refractivity contribution in [2.24, 2.45) is 5.92 Å². The number of hydrogen-bond donors (Lipinski definition) is 2. The van der Waals surface area contributed by atoms with Crippen molar-refractivity contribution in [2.45, 2.75) is 19.8 Å². The van der Waals surface area contributed by atoms with Crippen LogP contribution in [0.1, 0.15) is 30.1 Å². The third-order valence-corrected chi connectivity index (χ3v) is 4.13. The third kappa shape index (κ3) is 4.58. The van der Waals surface area contributed by atoms with Gasteiger partial charge in [0, 0.05) is 19.3 Å². The minimum Gasteiger partial charge on any atom is -0.369 e. The predicted molar refractivity (Wildman–Crippen MR) is 86.0 cm³/mol. The summed E-state index contributed by atoms with van der Waals surface area (Å²) >= 11 is 6.11. The first-order chi connectivity index (χ1) is 10.1. The van der Waals surface area contributed by atoms with E-state index in [0.717, 1.165) is 39.0 Å². The van der Waals surface area contributed by atoms with Gasteiger partial charge >= 0.3 is 0 Å². The van der Waals surface area contributed by atoms with Crippen LogP contribution in [0.3, 0.4) is 0 Å².